The zero-order chi connectivity index (χ0) is 76.5. The van der Waals surface area contributed by atoms with Gasteiger partial charge in [0.1, 0.15) is 29.3 Å². The molecule has 108 heavy (non-hydrogen) atoms. The van der Waals surface area contributed by atoms with Gasteiger partial charge in [-0.15, -0.1) is 23.2 Å². The Morgan fingerprint density at radius 2 is 1.03 bits per heavy atom. The van der Waals surface area contributed by atoms with Crippen LogP contribution in [0.4, 0.5) is 0 Å². The van der Waals surface area contributed by atoms with Crippen LogP contribution < -0.4 is 44.3 Å². The van der Waals surface area contributed by atoms with Crippen LogP contribution in [0.2, 0.25) is 0 Å². The Morgan fingerprint density at radius 3 is 1.48 bits per heavy atom. The first-order chi connectivity index (χ1) is 51.2. The summed E-state index contributed by atoms with van der Waals surface area (Å²) in [6, 6.07) is 36.3. The molecule has 0 aromatic heterocycles. The number of piperidine rings is 2. The molecule has 4 aromatic carbocycles. The van der Waals surface area contributed by atoms with Crippen LogP contribution in [-0.4, -0.2) is 103 Å². The summed E-state index contributed by atoms with van der Waals surface area (Å²) in [4.78, 5) is 74.4. The average molecular weight is 1520 g/mol. The van der Waals surface area contributed by atoms with Gasteiger partial charge < -0.3 is 37.0 Å². The summed E-state index contributed by atoms with van der Waals surface area (Å²) in [6.07, 6.45) is 26.2. The van der Waals surface area contributed by atoms with Crippen LogP contribution in [0.5, 0.6) is 23.0 Å². The van der Waals surface area contributed by atoms with Crippen LogP contribution in [0.25, 0.3) is 0 Å². The number of nitrogens with zero attached hydrogens (tertiary/aromatic N) is 1. The zero-order valence-electron chi connectivity index (χ0n) is 65.9. The second kappa shape index (κ2) is 37.3. The third kappa shape index (κ3) is 19.3. The van der Waals surface area contributed by atoms with Gasteiger partial charge in [0, 0.05) is 76.2 Å². The number of ketones is 2. The fourth-order valence-corrected chi connectivity index (χ4v) is 21.7. The maximum Gasteiger partial charge on any atom is 1.00 e. The number of hydrogen-bond donors (Lipinski definition) is 1. The molecule has 0 bridgehead atoms. The van der Waals surface area contributed by atoms with E-state index in [1.165, 1.54) is 87.8 Å². The number of alkyl halides is 2. The number of carbonyl (C=O) groups is 6. The van der Waals surface area contributed by atoms with Crippen LogP contribution in [0.1, 0.15) is 208 Å². The van der Waals surface area contributed by atoms with Gasteiger partial charge in [0.05, 0.1) is 28.7 Å². The minimum absolute atomic E-state index is 0. The Labute approximate surface area is 675 Å². The number of carbonyl (C=O) groups excluding carboxylic acids is 6. The quantitative estimate of drug-likeness (QED) is 0.0460. The number of likely N-dealkylation sites (tertiary alicyclic amines) is 1. The van der Waals surface area contributed by atoms with Crippen LogP contribution in [0, 0.1) is 70.0 Å². The van der Waals surface area contributed by atoms with E-state index >= 15 is 0 Å². The SMILES string of the molecule is CC(=O)OOC(C)=O.CC1=C2C[C@H]3[C@@H](CCC4=CC(=O)CC[C@@]43C)[C@@H]2CC[C@@]2(C1)O[C@@H]1C[C@H](C)CN(Cc3ccc(Oc4ccccc4)cc3)[C@H]1[C@H]2C.CC1=C2C[C@H]3[C@@H](CCC4=CC(=O)CC[C@@]43C)[C@@H]2CC[C@@]2(C1)O[C@@H]1C[C@H](C)CN[C@H]1[C@H]2C.ClCCl.O=Cc1ccc(Oc2ccccc2)cc1.[B-]OC(C)=O.[Na+]. The molecule has 4 saturated carbocycles. The Balaban J connectivity index is 0.000000169. The first kappa shape index (κ1) is 84.8. The molecule has 1 N–H and O–H groups in total. The van der Waals surface area contributed by atoms with E-state index in [2.05, 4.69) is 112 Å². The van der Waals surface area contributed by atoms with Crippen LogP contribution >= 0.6 is 23.2 Å². The molecule has 0 unspecified atom stereocenters. The van der Waals surface area contributed by atoms with Crippen LogP contribution in [0.3, 0.4) is 0 Å². The predicted molar refractivity (Wildman–Crippen MR) is 419 cm³/mol. The second-order valence-electron chi connectivity index (χ2n) is 33.5. The average Bonchev–Trinajstić information content (AvgIpc) is 1.53. The second-order valence-corrected chi connectivity index (χ2v) is 34.3. The molecule has 575 valence electrons. The molecule has 8 fully saturated rings. The first-order valence-electron chi connectivity index (χ1n) is 39.4. The van der Waals surface area contributed by atoms with Crippen LogP contribution in [-0.2, 0) is 54.4 Å². The van der Waals surface area contributed by atoms with E-state index in [9.17, 15) is 28.8 Å². The van der Waals surface area contributed by atoms with Crippen LogP contribution in [0.15, 0.2) is 155 Å². The fraction of sp³-hybridized carbons (Fsp3) is 0.573. The van der Waals surface area contributed by atoms with Crippen molar-refractivity contribution in [2.24, 2.45) is 70.0 Å². The Kier molecular flexibility index (Phi) is 29.3. The van der Waals surface area contributed by atoms with E-state index in [4.69, 9.17) is 42.1 Å². The van der Waals surface area contributed by atoms with E-state index < -0.39 is 17.9 Å². The Hall–Kier alpha value is -5.66. The van der Waals surface area contributed by atoms with E-state index in [1.54, 1.807) is 46.6 Å². The molecule has 18 atom stereocenters. The summed E-state index contributed by atoms with van der Waals surface area (Å²) in [7, 11) is 4.32. The molecule has 0 amide bonds. The molecule has 12 aliphatic rings. The van der Waals surface area contributed by atoms with Crippen molar-refractivity contribution in [2.45, 2.75) is 234 Å². The van der Waals surface area contributed by atoms with Crippen molar-refractivity contribution >= 4 is 67.0 Å². The predicted octanol–water partition coefficient (Wildman–Crippen LogP) is 16.3. The topological polar surface area (TPSA) is 182 Å². The molecule has 3 radical (unpaired) electrons. The monoisotopic (exact) mass is 1520 g/mol. The van der Waals surface area contributed by atoms with Crippen molar-refractivity contribution in [2.75, 3.05) is 18.4 Å². The Morgan fingerprint density at radius 1 is 0.593 bits per heavy atom. The maximum absolute atomic E-state index is 12.3. The minimum Gasteiger partial charge on any atom is -0.793 e. The van der Waals surface area contributed by atoms with E-state index in [0.29, 0.717) is 71.0 Å². The van der Waals surface area contributed by atoms with E-state index in [0.717, 1.165) is 144 Å². The van der Waals surface area contributed by atoms with Crippen molar-refractivity contribution in [1.82, 2.24) is 10.2 Å². The van der Waals surface area contributed by atoms with Crippen molar-refractivity contribution in [3.8, 4) is 23.0 Å². The van der Waals surface area contributed by atoms with Crippen molar-refractivity contribution in [3.63, 3.8) is 0 Å². The molecule has 15 nitrogen and oxygen atoms in total. The molecule has 4 saturated heterocycles. The molecule has 4 aliphatic heterocycles. The van der Waals surface area contributed by atoms with Gasteiger partial charge in [-0.2, -0.15) is 0 Å². The number of fused-ring (bicyclic) bond motifs is 12. The van der Waals surface area contributed by atoms with Crippen molar-refractivity contribution in [3.05, 3.63) is 166 Å². The number of aldehydes is 1. The van der Waals surface area contributed by atoms with Gasteiger partial charge in [0.15, 0.2) is 11.6 Å². The number of ether oxygens (including phenoxy) is 4. The van der Waals surface area contributed by atoms with E-state index in [1.807, 2.05) is 72.8 Å². The summed E-state index contributed by atoms with van der Waals surface area (Å²) in [6.45, 7) is 26.4. The molecule has 4 heterocycles. The number of benzene rings is 4. The summed E-state index contributed by atoms with van der Waals surface area (Å²) in [5.41, 5.74) is 12.3. The number of nitrogens with one attached hydrogen (secondary N) is 1. The van der Waals surface area contributed by atoms with Gasteiger partial charge in [0.2, 0.25) is 5.97 Å². The number of rotatable bonds is 7. The molecular weight excluding hydrogens is 1410 g/mol. The number of halogens is 2. The summed E-state index contributed by atoms with van der Waals surface area (Å²) in [5.74, 6) is 9.21. The molecule has 8 aliphatic carbocycles. The van der Waals surface area contributed by atoms with Gasteiger partial charge in [0.25, 0.3) is 0 Å². The van der Waals surface area contributed by atoms with Crippen molar-refractivity contribution in [1.29, 1.82) is 0 Å². The van der Waals surface area contributed by atoms with Crippen molar-refractivity contribution < 1.29 is 91.7 Å². The van der Waals surface area contributed by atoms with E-state index in [-0.39, 0.29) is 56.9 Å². The maximum atomic E-state index is 12.3. The molecule has 2 spiro atoms. The molecule has 4 aromatic rings. The summed E-state index contributed by atoms with van der Waals surface area (Å²) in [5, 5.41) is 4.04. The van der Waals surface area contributed by atoms with Gasteiger partial charge in [-0.25, -0.2) is 19.4 Å². The molecule has 16 rings (SSSR count). The van der Waals surface area contributed by atoms with Gasteiger partial charge in [-0.1, -0.05) is 124 Å². The standard InChI is InChI=1S/C41H51NO3.C28H41NO2.C13H10O2.C4H6O4.C2H3BO2.CH2Cl2.Na/c1-26-20-38-39(42(24-26)25-29-10-13-33(14-11-29)44-32-8-6-5-7-9-32)28(3)41(45-38)19-17-34-35-15-12-30-21-31(43)16-18-40(30,4)37(35)22-36(34)27(2)23-41;1-16-11-25-26(29-15-16)18(3)28(31-25)10-8-21-22-6-5-19-12-20(30)7-9-27(19,4)24(22)13-23(21)17(2)14-28;14-10-11-6-8-13(9-7-11)15-12-4-2-1-3-5-12;1-3(5)7-8-4(2)6;1-2(4)5-3;2-1-3;/h5-11,13-14,21,26,28,34-35,37-39H,12,15-20,22-25H2,1-4H3;12,16,18,21-22,24-26,29H,5-11,13-15H2,1-4H3;1-10H;1-2H3;1H3;1H2;/q;;;;-1;;+1/t26-,28+,34-,35-,37-,38+,39-,40-,41-;16-,18+,21-,22-,24-,25+,26-,27-,28-;;;;;/m00...../s1. The first-order valence-corrected chi connectivity index (χ1v) is 40.4. The summed E-state index contributed by atoms with van der Waals surface area (Å²) < 4.78 is 29.6. The third-order valence-corrected chi connectivity index (χ3v) is 26.8. The largest absolute Gasteiger partial charge is 1.00 e. The molecular formula is C89H113BCl2N2NaO13. The molecule has 19 heteroatoms. The summed E-state index contributed by atoms with van der Waals surface area (Å²) >= 11 is 9.53. The zero-order valence-corrected chi connectivity index (χ0v) is 69.4. The number of hydrogen-bond acceptors (Lipinski definition) is 15. The normalized spacial score (nSPS) is 33.7. The Bertz CT molecular complexity index is 3910. The smallest absolute Gasteiger partial charge is 0.793 e. The van der Waals surface area contributed by atoms with Gasteiger partial charge in [-0.3, -0.25) is 24.1 Å². The number of allylic oxidation sites excluding steroid dienone is 6. The minimum atomic E-state index is -0.639. The fourth-order valence-electron chi connectivity index (χ4n) is 21.7. The number of para-hydroxylation sites is 2. The van der Waals surface area contributed by atoms with Gasteiger partial charge in [-0.05, 0) is 260 Å². The third-order valence-electron chi connectivity index (χ3n) is 26.8. The van der Waals surface area contributed by atoms with Gasteiger partial charge >= 0.3 is 41.5 Å².